The number of carbonyl (C=O) groups excluding carboxylic acids is 1. The molecule has 1 aromatic carbocycles. The largest absolute Gasteiger partial charge is 0.772 e. The maximum Gasteiger partial charge on any atom is 0.313 e. The molecule has 2 rings (SSSR count). The number of hydrogen-bond acceptors (Lipinski definition) is 6. The van der Waals surface area contributed by atoms with Crippen LogP contribution in [0.5, 0.6) is 0 Å². The monoisotopic (exact) mass is 354 g/mol. The number of rotatable bonds is 7. The van der Waals surface area contributed by atoms with Gasteiger partial charge in [-0.25, -0.2) is 0 Å². The van der Waals surface area contributed by atoms with Crippen LogP contribution < -0.4 is 0 Å². The second-order valence-electron chi connectivity index (χ2n) is 6.06. The first kappa shape index (κ1) is 18.5. The van der Waals surface area contributed by atoms with Gasteiger partial charge in [0.2, 0.25) is 0 Å². The molecule has 2 atom stereocenters. The fourth-order valence-corrected chi connectivity index (χ4v) is 3.80. The van der Waals surface area contributed by atoms with Crippen LogP contribution in [0.15, 0.2) is 18.2 Å². The Balaban J connectivity index is 2.34. The fraction of sp³-hybridized carbons (Fsp3) is 0.562. The Kier molecular flexibility index (Phi) is 6.44. The van der Waals surface area contributed by atoms with Crippen LogP contribution in [0.1, 0.15) is 49.1 Å². The number of nitro benzene ring substituents is 1. The summed E-state index contributed by atoms with van der Waals surface area (Å²) in [5.41, 5.74) is 0.333. The molecule has 0 spiro atoms. The van der Waals surface area contributed by atoms with Crippen molar-refractivity contribution in [2.24, 2.45) is 5.92 Å². The molecule has 0 amide bonds. The lowest BCUT2D eigenvalue weighted by Gasteiger charge is -2.19. The van der Waals surface area contributed by atoms with Crippen molar-refractivity contribution in [2.45, 2.75) is 43.8 Å². The number of nitrogens with zero attached hydrogens (tertiary/aromatic N) is 1. The predicted octanol–water partition coefficient (Wildman–Crippen LogP) is 2.81. The molecule has 1 aliphatic carbocycles. The maximum absolute atomic E-state index is 12.2. The Morgan fingerprint density at radius 2 is 2.08 bits per heavy atom. The molecule has 0 N–H and O–H groups in total. The Labute approximate surface area is 142 Å². The van der Waals surface area contributed by atoms with Gasteiger partial charge < -0.3 is 9.29 Å². The molecule has 0 saturated heterocycles. The summed E-state index contributed by atoms with van der Waals surface area (Å²) in [6, 6.07) is 4.30. The minimum Gasteiger partial charge on any atom is -0.772 e. The summed E-state index contributed by atoms with van der Waals surface area (Å²) in [6.07, 6.45) is 4.95. The van der Waals surface area contributed by atoms with E-state index in [1.54, 1.807) is 6.07 Å². The van der Waals surface area contributed by atoms with E-state index in [1.807, 2.05) is 0 Å². The average Bonchev–Trinajstić information content (AvgIpc) is 3.05. The molecule has 0 heterocycles. The highest BCUT2D eigenvalue weighted by atomic mass is 32.2. The zero-order valence-corrected chi connectivity index (χ0v) is 14.3. The van der Waals surface area contributed by atoms with E-state index in [9.17, 15) is 23.7 Å². The molecule has 132 valence electrons. The fourth-order valence-electron chi connectivity index (χ4n) is 3.31. The summed E-state index contributed by atoms with van der Waals surface area (Å²) in [6.45, 7) is 0. The van der Waals surface area contributed by atoms with Crippen molar-refractivity contribution in [3.63, 3.8) is 0 Å². The minimum absolute atomic E-state index is 0.113. The first-order valence-electron chi connectivity index (χ1n) is 7.83. The third-order valence-corrected chi connectivity index (χ3v) is 5.06. The van der Waals surface area contributed by atoms with Crippen LogP contribution in [-0.4, -0.2) is 26.8 Å². The number of carbonyl (C=O) groups is 1. The van der Waals surface area contributed by atoms with Gasteiger partial charge in [-0.3, -0.25) is 19.1 Å². The molecule has 1 aliphatic rings. The molecule has 0 aliphatic heterocycles. The van der Waals surface area contributed by atoms with Crippen LogP contribution in [0.4, 0.5) is 5.69 Å². The van der Waals surface area contributed by atoms with Crippen molar-refractivity contribution in [2.75, 3.05) is 7.11 Å². The highest BCUT2D eigenvalue weighted by molar-refractivity contribution is 7.78. The molecule has 0 aromatic heterocycles. The zero-order chi connectivity index (χ0) is 17.7. The molecule has 7 nitrogen and oxygen atoms in total. The molecule has 8 heteroatoms. The number of benzene rings is 1. The topological polar surface area (TPSA) is 110 Å². The van der Waals surface area contributed by atoms with Crippen molar-refractivity contribution in [1.29, 1.82) is 0 Å². The molecule has 1 saturated carbocycles. The van der Waals surface area contributed by atoms with Crippen LogP contribution in [0, 0.1) is 16.0 Å². The molecule has 0 radical (unpaired) electrons. The Bertz CT molecular complexity index is 641. The predicted molar refractivity (Wildman–Crippen MR) is 87.1 cm³/mol. The van der Waals surface area contributed by atoms with E-state index in [0.717, 1.165) is 25.7 Å². The third kappa shape index (κ3) is 4.61. The van der Waals surface area contributed by atoms with E-state index in [4.69, 9.17) is 4.74 Å². The normalized spacial score (nSPS) is 17.4. The van der Waals surface area contributed by atoms with Gasteiger partial charge in [0.15, 0.2) is 0 Å². The zero-order valence-electron chi connectivity index (χ0n) is 13.4. The SMILES string of the molecule is COC(=O)C(CC1CCCC1)c1ccc(CS(=O)[O-])c([N+](=O)[O-])c1. The van der Waals surface area contributed by atoms with E-state index in [2.05, 4.69) is 0 Å². The second kappa shape index (κ2) is 8.34. The standard InChI is InChI=1S/C16H21NO6S/c1-23-16(18)14(8-11-4-2-3-5-11)12-6-7-13(10-24(21)22)15(9-12)17(19)20/h6-7,9,11,14H,2-5,8,10H2,1H3,(H,21,22)/p-1. The van der Waals surface area contributed by atoms with Gasteiger partial charge in [0.1, 0.15) is 0 Å². The van der Waals surface area contributed by atoms with E-state index in [0.29, 0.717) is 17.9 Å². The summed E-state index contributed by atoms with van der Waals surface area (Å²) in [5, 5.41) is 11.3. The van der Waals surface area contributed by atoms with Gasteiger partial charge in [0.25, 0.3) is 5.69 Å². The first-order valence-corrected chi connectivity index (χ1v) is 9.07. The molecule has 1 fully saturated rings. The molecular weight excluding hydrogens is 334 g/mol. The number of methoxy groups -OCH3 is 1. The van der Waals surface area contributed by atoms with Crippen LogP contribution >= 0.6 is 0 Å². The summed E-state index contributed by atoms with van der Waals surface area (Å²) in [7, 11) is 1.30. The summed E-state index contributed by atoms with van der Waals surface area (Å²) in [4.78, 5) is 22.8. The van der Waals surface area contributed by atoms with Gasteiger partial charge in [0, 0.05) is 17.4 Å². The van der Waals surface area contributed by atoms with E-state index >= 15 is 0 Å². The maximum atomic E-state index is 12.2. The van der Waals surface area contributed by atoms with Gasteiger partial charge in [0.05, 0.1) is 18.0 Å². The minimum atomic E-state index is -2.42. The number of ether oxygens (including phenoxy) is 1. The lowest BCUT2D eigenvalue weighted by Crippen LogP contribution is -2.17. The smallest absolute Gasteiger partial charge is 0.313 e. The van der Waals surface area contributed by atoms with Crippen molar-refractivity contribution in [3.05, 3.63) is 39.4 Å². The lowest BCUT2D eigenvalue weighted by molar-refractivity contribution is -0.385. The van der Waals surface area contributed by atoms with Gasteiger partial charge >= 0.3 is 5.97 Å². The summed E-state index contributed by atoms with van der Waals surface area (Å²) in [5.74, 6) is -1.01. The molecular formula is C16H20NO6S-. The Morgan fingerprint density at radius 1 is 1.42 bits per heavy atom. The molecule has 1 aromatic rings. The number of hydrogen-bond donors (Lipinski definition) is 0. The quantitative estimate of drug-likeness (QED) is 0.322. The van der Waals surface area contributed by atoms with E-state index in [1.165, 1.54) is 19.2 Å². The Morgan fingerprint density at radius 3 is 2.62 bits per heavy atom. The molecule has 0 bridgehead atoms. The van der Waals surface area contributed by atoms with Crippen molar-refractivity contribution < 1.29 is 23.2 Å². The number of nitro groups is 1. The van der Waals surface area contributed by atoms with Crippen molar-refractivity contribution in [3.8, 4) is 0 Å². The van der Waals surface area contributed by atoms with Crippen LogP contribution in [-0.2, 0) is 26.4 Å². The van der Waals surface area contributed by atoms with Gasteiger partial charge in [-0.15, -0.1) is 0 Å². The van der Waals surface area contributed by atoms with Crippen molar-refractivity contribution in [1.82, 2.24) is 0 Å². The van der Waals surface area contributed by atoms with Gasteiger partial charge in [-0.05, 0) is 17.9 Å². The van der Waals surface area contributed by atoms with E-state index in [-0.39, 0.29) is 11.3 Å². The highest BCUT2D eigenvalue weighted by Crippen LogP contribution is 2.36. The average molecular weight is 354 g/mol. The number of esters is 1. The summed E-state index contributed by atoms with van der Waals surface area (Å²) >= 11 is -2.42. The van der Waals surface area contributed by atoms with Crippen LogP contribution in [0.25, 0.3) is 0 Å². The molecule has 24 heavy (non-hydrogen) atoms. The first-order chi connectivity index (χ1) is 11.4. The van der Waals surface area contributed by atoms with Gasteiger partial charge in [-0.1, -0.05) is 48.9 Å². The van der Waals surface area contributed by atoms with Crippen molar-refractivity contribution >= 4 is 22.7 Å². The highest BCUT2D eigenvalue weighted by Gasteiger charge is 2.29. The lowest BCUT2D eigenvalue weighted by atomic mass is 9.87. The third-order valence-electron chi connectivity index (χ3n) is 4.51. The summed E-state index contributed by atoms with van der Waals surface area (Å²) < 4.78 is 26.6. The second-order valence-corrected chi connectivity index (χ2v) is 6.95. The Hall–Kier alpha value is -1.80. The van der Waals surface area contributed by atoms with Crippen LogP contribution in [0.3, 0.4) is 0 Å². The van der Waals surface area contributed by atoms with E-state index < -0.39 is 33.6 Å². The molecule has 2 unspecified atom stereocenters. The van der Waals surface area contributed by atoms with Crippen LogP contribution in [0.2, 0.25) is 0 Å². The van der Waals surface area contributed by atoms with Gasteiger partial charge in [-0.2, -0.15) is 0 Å².